The Morgan fingerprint density at radius 3 is 2.48 bits per heavy atom. The van der Waals surface area contributed by atoms with Crippen LogP contribution >= 0.6 is 0 Å². The minimum absolute atomic E-state index is 0.0838. The SMILES string of the molecule is CCCCc1ccc(O[C@H]2O[C@H](CO)[C@@H](O)[C@H](O)[C@H]2O)cc1O. The zero-order valence-corrected chi connectivity index (χ0v) is 13.0. The van der Waals surface area contributed by atoms with Gasteiger partial charge < -0.3 is 35.0 Å². The number of rotatable bonds is 6. The van der Waals surface area contributed by atoms with Gasteiger partial charge in [0.25, 0.3) is 0 Å². The molecule has 1 fully saturated rings. The Morgan fingerprint density at radius 1 is 1.13 bits per heavy atom. The molecule has 0 radical (unpaired) electrons. The molecular weight excluding hydrogens is 304 g/mol. The normalized spacial score (nSPS) is 31.1. The van der Waals surface area contributed by atoms with E-state index in [0.29, 0.717) is 0 Å². The Balaban J connectivity index is 2.07. The van der Waals surface area contributed by atoms with Crippen molar-refractivity contribution in [2.24, 2.45) is 0 Å². The highest BCUT2D eigenvalue weighted by atomic mass is 16.7. The van der Waals surface area contributed by atoms with Gasteiger partial charge in [0.05, 0.1) is 6.61 Å². The molecule has 0 unspecified atom stereocenters. The molecule has 23 heavy (non-hydrogen) atoms. The molecular formula is C16H24O7. The fraction of sp³-hybridized carbons (Fsp3) is 0.625. The lowest BCUT2D eigenvalue weighted by Crippen LogP contribution is -2.60. The van der Waals surface area contributed by atoms with E-state index in [0.717, 1.165) is 24.8 Å². The molecule has 2 rings (SSSR count). The van der Waals surface area contributed by atoms with Gasteiger partial charge in [-0.25, -0.2) is 0 Å². The van der Waals surface area contributed by atoms with Crippen molar-refractivity contribution in [2.75, 3.05) is 6.61 Å². The Labute approximate surface area is 134 Å². The molecule has 1 aliphatic heterocycles. The number of ether oxygens (including phenoxy) is 2. The number of aryl methyl sites for hydroxylation is 1. The van der Waals surface area contributed by atoms with Crippen LogP contribution in [0.1, 0.15) is 25.3 Å². The minimum Gasteiger partial charge on any atom is -0.508 e. The van der Waals surface area contributed by atoms with E-state index in [2.05, 4.69) is 6.92 Å². The summed E-state index contributed by atoms with van der Waals surface area (Å²) in [6.07, 6.45) is -3.97. The Bertz CT molecular complexity index is 505. The van der Waals surface area contributed by atoms with Crippen molar-refractivity contribution >= 4 is 0 Å². The molecule has 0 aliphatic carbocycles. The summed E-state index contributed by atoms with van der Waals surface area (Å²) >= 11 is 0. The molecule has 0 amide bonds. The number of hydrogen-bond donors (Lipinski definition) is 5. The topological polar surface area (TPSA) is 120 Å². The van der Waals surface area contributed by atoms with E-state index in [-0.39, 0.29) is 11.5 Å². The average molecular weight is 328 g/mol. The molecule has 5 atom stereocenters. The van der Waals surface area contributed by atoms with Crippen LogP contribution in [-0.2, 0) is 11.2 Å². The zero-order valence-electron chi connectivity index (χ0n) is 13.0. The van der Waals surface area contributed by atoms with Gasteiger partial charge in [-0.05, 0) is 24.5 Å². The number of hydrogen-bond acceptors (Lipinski definition) is 7. The van der Waals surface area contributed by atoms with Crippen LogP contribution < -0.4 is 4.74 Å². The van der Waals surface area contributed by atoms with Gasteiger partial charge in [0.2, 0.25) is 6.29 Å². The van der Waals surface area contributed by atoms with E-state index in [9.17, 15) is 20.4 Å². The van der Waals surface area contributed by atoms with Crippen LogP contribution in [0.25, 0.3) is 0 Å². The Kier molecular flexibility index (Phi) is 6.20. The third-order valence-corrected chi connectivity index (χ3v) is 3.96. The van der Waals surface area contributed by atoms with Gasteiger partial charge in [-0.15, -0.1) is 0 Å². The van der Waals surface area contributed by atoms with Crippen LogP contribution in [0.3, 0.4) is 0 Å². The quantitative estimate of drug-likeness (QED) is 0.495. The summed E-state index contributed by atoms with van der Waals surface area (Å²) in [5.41, 5.74) is 0.799. The van der Waals surface area contributed by atoms with E-state index in [4.69, 9.17) is 14.6 Å². The molecule has 0 bridgehead atoms. The monoisotopic (exact) mass is 328 g/mol. The zero-order chi connectivity index (χ0) is 17.0. The van der Waals surface area contributed by atoms with Crippen LogP contribution in [0.5, 0.6) is 11.5 Å². The molecule has 0 saturated carbocycles. The van der Waals surface area contributed by atoms with Crippen molar-refractivity contribution in [1.29, 1.82) is 0 Å². The van der Waals surface area contributed by atoms with Crippen molar-refractivity contribution < 1.29 is 35.0 Å². The number of aliphatic hydroxyl groups excluding tert-OH is 4. The molecule has 0 spiro atoms. The number of benzene rings is 1. The second-order valence-corrected chi connectivity index (χ2v) is 5.71. The highest BCUT2D eigenvalue weighted by Crippen LogP contribution is 2.28. The predicted molar refractivity (Wildman–Crippen MR) is 81.1 cm³/mol. The smallest absolute Gasteiger partial charge is 0.229 e. The van der Waals surface area contributed by atoms with Crippen LogP contribution in [0.4, 0.5) is 0 Å². The Hall–Kier alpha value is -1.38. The lowest BCUT2D eigenvalue weighted by atomic mass is 9.99. The van der Waals surface area contributed by atoms with Crippen molar-refractivity contribution in [3.05, 3.63) is 23.8 Å². The van der Waals surface area contributed by atoms with Gasteiger partial charge in [0, 0.05) is 6.07 Å². The van der Waals surface area contributed by atoms with E-state index in [1.54, 1.807) is 12.1 Å². The second-order valence-electron chi connectivity index (χ2n) is 5.71. The largest absolute Gasteiger partial charge is 0.508 e. The van der Waals surface area contributed by atoms with Gasteiger partial charge in [-0.3, -0.25) is 0 Å². The van der Waals surface area contributed by atoms with E-state index >= 15 is 0 Å². The van der Waals surface area contributed by atoms with Crippen molar-refractivity contribution in [2.45, 2.75) is 56.9 Å². The first kappa shape index (κ1) is 18.0. The fourth-order valence-electron chi connectivity index (χ4n) is 2.49. The van der Waals surface area contributed by atoms with Crippen molar-refractivity contribution in [1.82, 2.24) is 0 Å². The summed E-state index contributed by atoms with van der Waals surface area (Å²) in [5, 5.41) is 48.5. The molecule has 5 N–H and O–H groups in total. The number of phenols is 1. The average Bonchev–Trinajstić information content (AvgIpc) is 2.54. The maximum Gasteiger partial charge on any atom is 0.229 e. The van der Waals surface area contributed by atoms with Gasteiger partial charge in [0.1, 0.15) is 35.9 Å². The fourth-order valence-corrected chi connectivity index (χ4v) is 2.49. The first-order valence-corrected chi connectivity index (χ1v) is 7.77. The van der Waals surface area contributed by atoms with Gasteiger partial charge in [-0.2, -0.15) is 0 Å². The Morgan fingerprint density at radius 2 is 1.87 bits per heavy atom. The van der Waals surface area contributed by atoms with Crippen molar-refractivity contribution in [3.63, 3.8) is 0 Å². The summed E-state index contributed by atoms with van der Waals surface area (Å²) in [5.74, 6) is 0.340. The third-order valence-electron chi connectivity index (χ3n) is 3.96. The summed E-state index contributed by atoms with van der Waals surface area (Å²) in [4.78, 5) is 0. The molecule has 1 heterocycles. The number of unbranched alkanes of at least 4 members (excludes halogenated alkanes) is 1. The minimum atomic E-state index is -1.50. The second kappa shape index (κ2) is 7.94. The van der Waals surface area contributed by atoms with E-state index in [1.807, 2.05) is 0 Å². The van der Waals surface area contributed by atoms with Crippen molar-refractivity contribution in [3.8, 4) is 11.5 Å². The highest BCUT2D eigenvalue weighted by molar-refractivity contribution is 5.39. The molecule has 1 saturated heterocycles. The van der Waals surface area contributed by atoms with Gasteiger partial charge >= 0.3 is 0 Å². The predicted octanol–water partition coefficient (Wildman–Crippen LogP) is -0.0865. The van der Waals surface area contributed by atoms with Gasteiger partial charge in [0.15, 0.2) is 0 Å². The van der Waals surface area contributed by atoms with E-state index in [1.165, 1.54) is 6.07 Å². The molecule has 7 heteroatoms. The number of aromatic hydroxyl groups is 1. The lowest BCUT2D eigenvalue weighted by Gasteiger charge is -2.39. The van der Waals surface area contributed by atoms with Crippen LogP contribution in [0, 0.1) is 0 Å². The van der Waals surface area contributed by atoms with Crippen LogP contribution in [-0.4, -0.2) is 62.8 Å². The molecule has 1 aromatic rings. The highest BCUT2D eigenvalue weighted by Gasteiger charge is 2.44. The first-order valence-electron chi connectivity index (χ1n) is 7.77. The number of aliphatic hydroxyl groups is 4. The molecule has 130 valence electrons. The number of phenolic OH excluding ortho intramolecular Hbond substituents is 1. The maximum absolute atomic E-state index is 9.99. The lowest BCUT2D eigenvalue weighted by molar-refractivity contribution is -0.277. The first-order chi connectivity index (χ1) is 11.0. The summed E-state index contributed by atoms with van der Waals surface area (Å²) < 4.78 is 10.7. The van der Waals surface area contributed by atoms with Crippen LogP contribution in [0.2, 0.25) is 0 Å². The summed E-state index contributed by atoms with van der Waals surface area (Å²) in [7, 11) is 0. The maximum atomic E-state index is 9.99. The third kappa shape index (κ3) is 4.13. The molecule has 0 aromatic heterocycles. The molecule has 1 aliphatic rings. The summed E-state index contributed by atoms with van der Waals surface area (Å²) in [6, 6.07) is 4.77. The summed E-state index contributed by atoms with van der Waals surface area (Å²) in [6.45, 7) is 1.54. The van der Waals surface area contributed by atoms with Crippen LogP contribution in [0.15, 0.2) is 18.2 Å². The molecule has 1 aromatic carbocycles. The molecule has 7 nitrogen and oxygen atoms in total. The standard InChI is InChI=1S/C16H24O7/c1-2-3-4-9-5-6-10(7-11(9)18)22-16-15(21)14(20)13(19)12(8-17)23-16/h5-7,12-21H,2-4,8H2,1H3/t12-,13-,14+,15-,16+/m1/s1. The van der Waals surface area contributed by atoms with E-state index < -0.39 is 37.3 Å². The van der Waals surface area contributed by atoms with Gasteiger partial charge in [-0.1, -0.05) is 19.4 Å².